The summed E-state index contributed by atoms with van der Waals surface area (Å²) in [5.41, 5.74) is 1.93. The number of nitrogens with zero attached hydrogens (tertiary/aromatic N) is 5. The minimum atomic E-state index is 0.311. The SMILES string of the molecule is CC(C)c1ncc(N2CCn3ccnc3C2)c(CCl)n1. The Hall–Kier alpha value is -1.62. The molecule has 6 heteroatoms. The molecule has 0 saturated heterocycles. The third kappa shape index (κ3) is 2.38. The second-order valence-corrected chi connectivity index (χ2v) is 5.57. The Morgan fingerprint density at radius 2 is 2.15 bits per heavy atom. The molecular formula is C14H18ClN5. The summed E-state index contributed by atoms with van der Waals surface area (Å²) in [4.78, 5) is 15.7. The van der Waals surface area contributed by atoms with Crippen LogP contribution >= 0.6 is 11.6 Å². The second-order valence-electron chi connectivity index (χ2n) is 5.31. The van der Waals surface area contributed by atoms with Crippen molar-refractivity contribution in [3.8, 4) is 0 Å². The quantitative estimate of drug-likeness (QED) is 0.816. The third-order valence-corrected chi connectivity index (χ3v) is 3.85. The minimum absolute atomic E-state index is 0.311. The predicted octanol–water partition coefficient (Wildman–Crippen LogP) is 2.56. The van der Waals surface area contributed by atoms with Crippen molar-refractivity contribution < 1.29 is 0 Å². The number of hydrogen-bond donors (Lipinski definition) is 0. The molecule has 0 aromatic carbocycles. The van der Waals surface area contributed by atoms with E-state index >= 15 is 0 Å². The summed E-state index contributed by atoms with van der Waals surface area (Å²) in [7, 11) is 0. The zero-order chi connectivity index (χ0) is 14.1. The van der Waals surface area contributed by atoms with E-state index < -0.39 is 0 Å². The molecule has 20 heavy (non-hydrogen) atoms. The number of hydrogen-bond acceptors (Lipinski definition) is 4. The number of aromatic nitrogens is 4. The van der Waals surface area contributed by atoms with Crippen LogP contribution < -0.4 is 4.90 Å². The average molecular weight is 292 g/mol. The van der Waals surface area contributed by atoms with E-state index in [2.05, 4.69) is 38.3 Å². The summed E-state index contributed by atoms with van der Waals surface area (Å²) in [6.07, 6.45) is 5.77. The van der Waals surface area contributed by atoms with Gasteiger partial charge < -0.3 is 9.47 Å². The Balaban J connectivity index is 1.91. The topological polar surface area (TPSA) is 46.8 Å². The monoisotopic (exact) mass is 291 g/mol. The van der Waals surface area contributed by atoms with Crippen LogP contribution in [0.1, 0.15) is 37.1 Å². The van der Waals surface area contributed by atoms with Gasteiger partial charge in [0.2, 0.25) is 0 Å². The molecule has 0 fully saturated rings. The Morgan fingerprint density at radius 1 is 1.30 bits per heavy atom. The molecule has 3 heterocycles. The van der Waals surface area contributed by atoms with E-state index in [9.17, 15) is 0 Å². The van der Waals surface area contributed by atoms with Crippen molar-refractivity contribution in [2.45, 2.75) is 38.7 Å². The molecule has 2 aromatic rings. The number of halogens is 1. The first-order valence-corrected chi connectivity index (χ1v) is 7.39. The molecule has 0 N–H and O–H groups in total. The molecule has 0 saturated carbocycles. The van der Waals surface area contributed by atoms with E-state index in [0.717, 1.165) is 42.7 Å². The number of alkyl halides is 1. The van der Waals surface area contributed by atoms with E-state index in [1.165, 1.54) is 0 Å². The Bertz CT molecular complexity index is 607. The van der Waals surface area contributed by atoms with Gasteiger partial charge in [-0.25, -0.2) is 15.0 Å². The molecule has 0 aliphatic carbocycles. The lowest BCUT2D eigenvalue weighted by atomic mass is 10.2. The van der Waals surface area contributed by atoms with Gasteiger partial charge in [-0.1, -0.05) is 13.8 Å². The van der Waals surface area contributed by atoms with Crippen molar-refractivity contribution in [2.24, 2.45) is 0 Å². The van der Waals surface area contributed by atoms with Gasteiger partial charge in [-0.3, -0.25) is 0 Å². The average Bonchev–Trinajstić information content (AvgIpc) is 2.93. The highest BCUT2D eigenvalue weighted by Gasteiger charge is 2.20. The lowest BCUT2D eigenvalue weighted by molar-refractivity contribution is 0.557. The van der Waals surface area contributed by atoms with Crippen LogP contribution in [0.5, 0.6) is 0 Å². The molecule has 0 unspecified atom stereocenters. The first kappa shape index (κ1) is 13.4. The van der Waals surface area contributed by atoms with Crippen molar-refractivity contribution >= 4 is 17.3 Å². The standard InChI is InChI=1S/C14H18ClN5/c1-10(2)14-17-8-12(11(7-15)18-14)20-6-5-19-4-3-16-13(19)9-20/h3-4,8,10H,5-7,9H2,1-2H3. The summed E-state index contributed by atoms with van der Waals surface area (Å²) < 4.78 is 2.18. The summed E-state index contributed by atoms with van der Waals surface area (Å²) in [6, 6.07) is 0. The molecule has 0 amide bonds. The van der Waals surface area contributed by atoms with Crippen LogP contribution in [0.15, 0.2) is 18.6 Å². The molecule has 106 valence electrons. The van der Waals surface area contributed by atoms with E-state index in [-0.39, 0.29) is 0 Å². The van der Waals surface area contributed by atoms with E-state index in [4.69, 9.17) is 11.6 Å². The maximum atomic E-state index is 6.07. The van der Waals surface area contributed by atoms with Gasteiger partial charge in [-0.15, -0.1) is 11.6 Å². The van der Waals surface area contributed by atoms with Crippen LogP contribution in [0.3, 0.4) is 0 Å². The summed E-state index contributed by atoms with van der Waals surface area (Å²) in [5.74, 6) is 2.64. The zero-order valence-electron chi connectivity index (χ0n) is 11.8. The van der Waals surface area contributed by atoms with Crippen LogP contribution in [0, 0.1) is 0 Å². The van der Waals surface area contributed by atoms with Crippen LogP contribution in [0.25, 0.3) is 0 Å². The molecule has 0 bridgehead atoms. The van der Waals surface area contributed by atoms with Gasteiger partial charge in [0.05, 0.1) is 30.0 Å². The first-order chi connectivity index (χ1) is 9.69. The largest absolute Gasteiger partial charge is 0.360 e. The van der Waals surface area contributed by atoms with Crippen LogP contribution in [0.2, 0.25) is 0 Å². The van der Waals surface area contributed by atoms with Crippen molar-refractivity contribution in [1.29, 1.82) is 0 Å². The van der Waals surface area contributed by atoms with Crippen LogP contribution in [0.4, 0.5) is 5.69 Å². The van der Waals surface area contributed by atoms with Gasteiger partial charge >= 0.3 is 0 Å². The predicted molar refractivity (Wildman–Crippen MR) is 79.0 cm³/mol. The van der Waals surface area contributed by atoms with E-state index in [1.54, 1.807) is 0 Å². The molecule has 5 nitrogen and oxygen atoms in total. The molecule has 1 aliphatic heterocycles. The molecule has 1 aliphatic rings. The minimum Gasteiger partial charge on any atom is -0.360 e. The van der Waals surface area contributed by atoms with Gasteiger partial charge in [0.25, 0.3) is 0 Å². The molecular weight excluding hydrogens is 274 g/mol. The van der Waals surface area contributed by atoms with Gasteiger partial charge in [0, 0.05) is 31.4 Å². The Morgan fingerprint density at radius 3 is 2.90 bits per heavy atom. The fourth-order valence-corrected chi connectivity index (χ4v) is 2.64. The maximum Gasteiger partial charge on any atom is 0.131 e. The van der Waals surface area contributed by atoms with Gasteiger partial charge in [0.1, 0.15) is 11.6 Å². The maximum absolute atomic E-state index is 6.07. The van der Waals surface area contributed by atoms with E-state index in [0.29, 0.717) is 11.8 Å². The third-order valence-electron chi connectivity index (χ3n) is 3.59. The summed E-state index contributed by atoms with van der Waals surface area (Å²) in [5, 5.41) is 0. The molecule has 3 rings (SSSR count). The van der Waals surface area contributed by atoms with Gasteiger partial charge in [-0.2, -0.15) is 0 Å². The van der Waals surface area contributed by atoms with Crippen LogP contribution in [-0.4, -0.2) is 26.1 Å². The fourth-order valence-electron chi connectivity index (χ4n) is 2.45. The molecule has 0 radical (unpaired) electrons. The van der Waals surface area contributed by atoms with Crippen LogP contribution in [-0.2, 0) is 19.0 Å². The number of anilines is 1. The zero-order valence-corrected chi connectivity index (χ0v) is 12.5. The Labute approximate surface area is 123 Å². The normalized spacial score (nSPS) is 14.7. The van der Waals surface area contributed by atoms with Crippen molar-refractivity contribution in [2.75, 3.05) is 11.4 Å². The van der Waals surface area contributed by atoms with Gasteiger partial charge in [-0.05, 0) is 0 Å². The Kier molecular flexibility index (Phi) is 3.61. The summed E-state index contributed by atoms with van der Waals surface area (Å²) in [6.45, 7) is 6.82. The first-order valence-electron chi connectivity index (χ1n) is 6.85. The number of imidazole rings is 1. The highest BCUT2D eigenvalue weighted by Crippen LogP contribution is 2.25. The van der Waals surface area contributed by atoms with Crippen molar-refractivity contribution in [3.05, 3.63) is 35.9 Å². The highest BCUT2D eigenvalue weighted by atomic mass is 35.5. The van der Waals surface area contributed by atoms with Gasteiger partial charge in [0.15, 0.2) is 0 Å². The number of fused-ring (bicyclic) bond motifs is 1. The fraction of sp³-hybridized carbons (Fsp3) is 0.500. The highest BCUT2D eigenvalue weighted by molar-refractivity contribution is 6.17. The molecule has 0 atom stereocenters. The molecule has 2 aromatic heterocycles. The van der Waals surface area contributed by atoms with Crippen molar-refractivity contribution in [3.63, 3.8) is 0 Å². The lowest BCUT2D eigenvalue weighted by Crippen LogP contribution is -2.34. The lowest BCUT2D eigenvalue weighted by Gasteiger charge is -2.30. The van der Waals surface area contributed by atoms with E-state index in [1.807, 2.05) is 18.6 Å². The number of rotatable bonds is 3. The van der Waals surface area contributed by atoms with Crippen molar-refractivity contribution in [1.82, 2.24) is 19.5 Å². The summed E-state index contributed by atoms with van der Waals surface area (Å²) >= 11 is 6.07. The molecule has 0 spiro atoms. The second kappa shape index (κ2) is 5.40. The smallest absolute Gasteiger partial charge is 0.131 e.